The van der Waals surface area contributed by atoms with Crippen LogP contribution in [0.2, 0.25) is 0 Å². The lowest BCUT2D eigenvalue weighted by molar-refractivity contribution is -0.135. The second-order valence-corrected chi connectivity index (χ2v) is 6.06. The molecular weight excluding hydrogens is 245 g/mol. The monoisotopic (exact) mass is 262 g/mol. The maximum Gasteiger partial charge on any atom is 0.390 e. The van der Waals surface area contributed by atoms with Crippen molar-refractivity contribution in [3.05, 3.63) is 0 Å². The minimum absolute atomic E-state index is 0.207. The molecule has 0 aliphatic carbocycles. The van der Waals surface area contributed by atoms with E-state index in [0.29, 0.717) is 0 Å². The van der Waals surface area contributed by atoms with Crippen LogP contribution in [-0.4, -0.2) is 51.3 Å². The van der Waals surface area contributed by atoms with Gasteiger partial charge in [0, 0.05) is 20.1 Å². The lowest BCUT2D eigenvalue weighted by Gasteiger charge is -2.22. The molecule has 4 nitrogen and oxygen atoms in total. The number of halogens is 3. The highest BCUT2D eigenvalue weighted by Crippen LogP contribution is 2.20. The van der Waals surface area contributed by atoms with E-state index in [9.17, 15) is 21.6 Å². The van der Waals surface area contributed by atoms with Gasteiger partial charge in [-0.25, -0.2) is 12.7 Å². The molecule has 0 aromatic carbocycles. The van der Waals surface area contributed by atoms with E-state index < -0.39 is 34.4 Å². The van der Waals surface area contributed by atoms with Gasteiger partial charge in [-0.05, 0) is 14.0 Å². The Kier molecular flexibility index (Phi) is 5.71. The quantitative estimate of drug-likeness (QED) is 0.770. The van der Waals surface area contributed by atoms with Crippen LogP contribution in [0.4, 0.5) is 13.2 Å². The maximum atomic E-state index is 11.9. The summed E-state index contributed by atoms with van der Waals surface area (Å²) in [5.41, 5.74) is 0. The fourth-order valence-corrected chi connectivity index (χ4v) is 2.45. The Balaban J connectivity index is 4.42. The van der Waals surface area contributed by atoms with Crippen molar-refractivity contribution in [3.8, 4) is 0 Å². The van der Waals surface area contributed by atoms with Crippen molar-refractivity contribution in [3.63, 3.8) is 0 Å². The van der Waals surface area contributed by atoms with Gasteiger partial charge in [-0.2, -0.15) is 13.2 Å². The molecule has 0 rings (SSSR count). The summed E-state index contributed by atoms with van der Waals surface area (Å²) in [6, 6.07) is 0. The average molecular weight is 262 g/mol. The van der Waals surface area contributed by atoms with Crippen LogP contribution in [0, 0.1) is 0 Å². The molecular formula is C8H17F3N2O2S. The molecule has 16 heavy (non-hydrogen) atoms. The van der Waals surface area contributed by atoms with E-state index in [1.165, 1.54) is 6.92 Å². The van der Waals surface area contributed by atoms with E-state index in [0.717, 1.165) is 11.4 Å². The van der Waals surface area contributed by atoms with Crippen molar-refractivity contribution < 1.29 is 21.6 Å². The zero-order chi connectivity index (χ0) is 13.0. The summed E-state index contributed by atoms with van der Waals surface area (Å²) in [6.07, 6.45) is -5.47. The first-order valence-electron chi connectivity index (χ1n) is 4.77. The summed E-state index contributed by atoms with van der Waals surface area (Å²) in [5, 5.41) is 1.93. The summed E-state index contributed by atoms with van der Waals surface area (Å²) < 4.78 is 59.8. The zero-order valence-electron chi connectivity index (χ0n) is 9.50. The number of hydrogen-bond acceptors (Lipinski definition) is 3. The van der Waals surface area contributed by atoms with E-state index in [-0.39, 0.29) is 6.54 Å². The highest BCUT2D eigenvalue weighted by molar-refractivity contribution is 7.89. The molecule has 0 saturated carbocycles. The predicted molar refractivity (Wildman–Crippen MR) is 55.6 cm³/mol. The van der Waals surface area contributed by atoms with Crippen molar-refractivity contribution in [2.75, 3.05) is 27.2 Å². The molecule has 0 aliphatic rings. The fraction of sp³-hybridized carbons (Fsp3) is 1.00. The van der Waals surface area contributed by atoms with Crippen LogP contribution in [0.25, 0.3) is 0 Å². The highest BCUT2D eigenvalue weighted by Gasteiger charge is 2.31. The first kappa shape index (κ1) is 15.7. The zero-order valence-corrected chi connectivity index (χ0v) is 10.3. The van der Waals surface area contributed by atoms with Gasteiger partial charge in [0.25, 0.3) is 0 Å². The summed E-state index contributed by atoms with van der Waals surface area (Å²) in [5.74, 6) is 0. The molecule has 1 unspecified atom stereocenters. The number of sulfonamides is 1. The van der Waals surface area contributed by atoms with Gasteiger partial charge in [0.05, 0.1) is 11.7 Å². The third-order valence-corrected chi connectivity index (χ3v) is 4.38. The molecule has 0 spiro atoms. The number of hydrogen-bond donors (Lipinski definition) is 1. The largest absolute Gasteiger partial charge is 0.390 e. The molecule has 0 fully saturated rings. The summed E-state index contributed by atoms with van der Waals surface area (Å²) in [6.45, 7) is 1.12. The van der Waals surface area contributed by atoms with Crippen LogP contribution in [0.5, 0.6) is 0 Å². The highest BCUT2D eigenvalue weighted by atomic mass is 32.2. The third kappa shape index (κ3) is 5.13. The molecule has 0 radical (unpaired) electrons. The lowest BCUT2D eigenvalue weighted by atomic mass is 10.4. The number of nitrogens with one attached hydrogen (secondary N) is 1. The van der Waals surface area contributed by atoms with Gasteiger partial charge in [0.15, 0.2) is 0 Å². The maximum absolute atomic E-state index is 11.9. The Morgan fingerprint density at radius 2 is 1.88 bits per heavy atom. The van der Waals surface area contributed by atoms with Crippen molar-refractivity contribution in [2.24, 2.45) is 0 Å². The second-order valence-electron chi connectivity index (χ2n) is 3.60. The first-order chi connectivity index (χ1) is 7.11. The Bertz CT molecular complexity index is 303. The van der Waals surface area contributed by atoms with Crippen LogP contribution in [0.1, 0.15) is 13.3 Å². The molecule has 0 bridgehead atoms. The van der Waals surface area contributed by atoms with Crippen LogP contribution >= 0.6 is 0 Å². The van der Waals surface area contributed by atoms with Crippen molar-refractivity contribution >= 4 is 10.0 Å². The van der Waals surface area contributed by atoms with Gasteiger partial charge >= 0.3 is 6.18 Å². The molecule has 1 atom stereocenters. The van der Waals surface area contributed by atoms with E-state index in [1.807, 2.05) is 0 Å². The smallest absolute Gasteiger partial charge is 0.318 e. The van der Waals surface area contributed by atoms with Crippen molar-refractivity contribution in [2.45, 2.75) is 24.8 Å². The fourth-order valence-electron chi connectivity index (χ4n) is 1.11. The van der Waals surface area contributed by atoms with E-state index in [2.05, 4.69) is 5.32 Å². The molecule has 0 aliphatic heterocycles. The van der Waals surface area contributed by atoms with Crippen LogP contribution in [0.15, 0.2) is 0 Å². The van der Waals surface area contributed by atoms with Gasteiger partial charge in [-0.15, -0.1) is 0 Å². The molecule has 8 heteroatoms. The molecule has 0 amide bonds. The molecule has 0 heterocycles. The molecule has 0 saturated heterocycles. The molecule has 1 N–H and O–H groups in total. The van der Waals surface area contributed by atoms with E-state index >= 15 is 0 Å². The summed E-state index contributed by atoms with van der Waals surface area (Å²) in [7, 11) is -0.908. The van der Waals surface area contributed by atoms with Crippen molar-refractivity contribution in [1.82, 2.24) is 9.62 Å². The summed E-state index contributed by atoms with van der Waals surface area (Å²) >= 11 is 0. The Morgan fingerprint density at radius 3 is 2.25 bits per heavy atom. The SMILES string of the molecule is CNCC(C)S(=O)(=O)N(C)CCC(F)(F)F. The molecule has 98 valence electrons. The Hall–Kier alpha value is -0.340. The second kappa shape index (κ2) is 5.83. The van der Waals surface area contributed by atoms with E-state index in [1.54, 1.807) is 7.05 Å². The standard InChI is InChI=1S/C8H17F3N2O2S/c1-7(6-12-2)16(14,15)13(3)5-4-8(9,10)11/h7,12H,4-6H2,1-3H3. The van der Waals surface area contributed by atoms with Gasteiger partial charge < -0.3 is 5.32 Å². The number of nitrogens with zero attached hydrogens (tertiary/aromatic N) is 1. The van der Waals surface area contributed by atoms with Crippen LogP contribution < -0.4 is 5.32 Å². The van der Waals surface area contributed by atoms with Gasteiger partial charge in [-0.1, -0.05) is 0 Å². The normalized spacial score (nSPS) is 15.4. The number of rotatable bonds is 6. The van der Waals surface area contributed by atoms with Crippen LogP contribution in [0.3, 0.4) is 0 Å². The van der Waals surface area contributed by atoms with Gasteiger partial charge in [0.2, 0.25) is 10.0 Å². The predicted octanol–water partition coefficient (Wildman–Crippen LogP) is 0.808. The Morgan fingerprint density at radius 1 is 1.38 bits per heavy atom. The molecule has 0 aromatic rings. The first-order valence-corrected chi connectivity index (χ1v) is 6.28. The van der Waals surface area contributed by atoms with Gasteiger partial charge in [-0.3, -0.25) is 0 Å². The lowest BCUT2D eigenvalue weighted by Crippen LogP contribution is -2.40. The summed E-state index contributed by atoms with van der Waals surface area (Å²) in [4.78, 5) is 0. The van der Waals surface area contributed by atoms with Crippen LogP contribution in [-0.2, 0) is 10.0 Å². The van der Waals surface area contributed by atoms with Gasteiger partial charge in [0.1, 0.15) is 0 Å². The number of alkyl halides is 3. The van der Waals surface area contributed by atoms with Crippen molar-refractivity contribution in [1.29, 1.82) is 0 Å². The minimum Gasteiger partial charge on any atom is -0.318 e. The third-order valence-electron chi connectivity index (χ3n) is 2.14. The average Bonchev–Trinajstić information content (AvgIpc) is 2.13. The Labute approximate surface area is 93.9 Å². The van der Waals surface area contributed by atoms with E-state index in [4.69, 9.17) is 0 Å². The minimum atomic E-state index is -4.34. The molecule has 0 aromatic heterocycles. The topological polar surface area (TPSA) is 49.4 Å².